The Morgan fingerprint density at radius 2 is 1.93 bits per heavy atom. The zero-order valence-electron chi connectivity index (χ0n) is 17.2. The van der Waals surface area contributed by atoms with Crippen molar-refractivity contribution in [3.63, 3.8) is 0 Å². The molecule has 1 atom stereocenters. The third-order valence-corrected chi connectivity index (χ3v) is 5.17. The summed E-state index contributed by atoms with van der Waals surface area (Å²) in [5.41, 5.74) is 2.35. The van der Waals surface area contributed by atoms with E-state index in [1.807, 2.05) is 37.3 Å². The number of nitrogens with zero attached hydrogens (tertiary/aromatic N) is 2. The van der Waals surface area contributed by atoms with Crippen LogP contribution in [0.15, 0.2) is 40.7 Å². The van der Waals surface area contributed by atoms with Crippen LogP contribution in [0.5, 0.6) is 0 Å². The second kappa shape index (κ2) is 12.4. The molecule has 2 rings (SSSR count). The lowest BCUT2D eigenvalue weighted by atomic mass is 9.93. The molecule has 1 aromatic carbocycles. The molecule has 0 radical (unpaired) electrons. The lowest BCUT2D eigenvalue weighted by molar-refractivity contribution is 0.268. The number of benzene rings is 1. The minimum absolute atomic E-state index is 0. The van der Waals surface area contributed by atoms with Gasteiger partial charge in [0.05, 0.1) is 23.9 Å². The molecule has 1 aromatic heterocycles. The zero-order valence-corrected chi connectivity index (χ0v) is 20.4. The van der Waals surface area contributed by atoms with Gasteiger partial charge in [-0.05, 0) is 12.5 Å². The lowest BCUT2D eigenvalue weighted by Gasteiger charge is -2.15. The lowest BCUT2D eigenvalue weighted by Crippen LogP contribution is -2.38. The van der Waals surface area contributed by atoms with Crippen molar-refractivity contribution in [1.29, 1.82) is 0 Å². The van der Waals surface area contributed by atoms with Crippen molar-refractivity contribution in [1.82, 2.24) is 15.6 Å². The predicted octanol–water partition coefficient (Wildman–Crippen LogP) is 3.93. The molecule has 0 fully saturated rings. The Bertz CT molecular complexity index is 713. The predicted molar refractivity (Wildman–Crippen MR) is 130 cm³/mol. The molecule has 0 spiro atoms. The minimum Gasteiger partial charge on any atom is -0.396 e. The highest BCUT2D eigenvalue weighted by atomic mass is 127. The zero-order chi connectivity index (χ0) is 19.7. The Morgan fingerprint density at radius 1 is 1.21 bits per heavy atom. The summed E-state index contributed by atoms with van der Waals surface area (Å²) < 4.78 is 0. The first-order valence-electron chi connectivity index (χ1n) is 9.57. The van der Waals surface area contributed by atoms with Gasteiger partial charge in [-0.25, -0.2) is 4.98 Å². The quantitative estimate of drug-likeness (QED) is 0.283. The van der Waals surface area contributed by atoms with E-state index in [1.165, 1.54) is 0 Å². The topological polar surface area (TPSA) is 69.5 Å². The maximum absolute atomic E-state index is 9.70. The van der Waals surface area contributed by atoms with E-state index in [2.05, 4.69) is 41.8 Å². The number of hydrogen-bond acceptors (Lipinski definition) is 4. The van der Waals surface area contributed by atoms with Crippen LogP contribution in [0.25, 0.3) is 0 Å². The molecule has 156 valence electrons. The van der Waals surface area contributed by atoms with E-state index >= 15 is 0 Å². The average molecular weight is 516 g/mol. The third-order valence-electron chi connectivity index (χ3n) is 4.26. The number of hydrogen-bond donors (Lipinski definition) is 3. The highest BCUT2D eigenvalue weighted by molar-refractivity contribution is 14.0. The van der Waals surface area contributed by atoms with E-state index in [9.17, 15) is 5.11 Å². The average Bonchev–Trinajstić information content (AvgIpc) is 3.12. The monoisotopic (exact) mass is 516 g/mol. The van der Waals surface area contributed by atoms with Gasteiger partial charge in [0.15, 0.2) is 5.96 Å². The SMILES string of the molecule is CCNC(=NCC(CO)c1ccccc1)NCCc1nc(C(C)(C)C)cs1.I. The molecule has 0 amide bonds. The second-order valence-corrected chi connectivity index (χ2v) is 8.51. The molecular weight excluding hydrogens is 483 g/mol. The molecule has 0 saturated carbocycles. The van der Waals surface area contributed by atoms with Crippen molar-refractivity contribution in [3.05, 3.63) is 52.0 Å². The maximum atomic E-state index is 9.70. The van der Waals surface area contributed by atoms with Crippen molar-refractivity contribution in [2.24, 2.45) is 4.99 Å². The largest absolute Gasteiger partial charge is 0.396 e. The van der Waals surface area contributed by atoms with Crippen LogP contribution in [0, 0.1) is 0 Å². The summed E-state index contributed by atoms with van der Waals surface area (Å²) >= 11 is 1.72. The second-order valence-electron chi connectivity index (χ2n) is 7.56. The summed E-state index contributed by atoms with van der Waals surface area (Å²) in [7, 11) is 0. The first-order valence-corrected chi connectivity index (χ1v) is 10.4. The minimum atomic E-state index is 0. The van der Waals surface area contributed by atoms with Gasteiger partial charge in [0.2, 0.25) is 0 Å². The highest BCUT2D eigenvalue weighted by Crippen LogP contribution is 2.23. The van der Waals surface area contributed by atoms with Crippen LogP contribution in [0.3, 0.4) is 0 Å². The number of guanidine groups is 1. The van der Waals surface area contributed by atoms with Crippen LogP contribution in [0.2, 0.25) is 0 Å². The molecule has 7 heteroatoms. The van der Waals surface area contributed by atoms with Gasteiger partial charge >= 0.3 is 0 Å². The van der Waals surface area contributed by atoms with Crippen LogP contribution in [-0.2, 0) is 11.8 Å². The van der Waals surface area contributed by atoms with Gasteiger partial charge in [-0.3, -0.25) is 4.99 Å². The van der Waals surface area contributed by atoms with E-state index in [4.69, 9.17) is 4.98 Å². The third kappa shape index (κ3) is 8.05. The number of nitrogens with one attached hydrogen (secondary N) is 2. The smallest absolute Gasteiger partial charge is 0.191 e. The van der Waals surface area contributed by atoms with E-state index < -0.39 is 0 Å². The van der Waals surface area contributed by atoms with Gasteiger partial charge < -0.3 is 15.7 Å². The van der Waals surface area contributed by atoms with Gasteiger partial charge in [0, 0.05) is 36.2 Å². The molecule has 1 heterocycles. The standard InChI is InChI=1S/C21H32N4OS.HI/c1-5-22-20(24-13-17(14-26)16-9-7-6-8-10-16)23-12-11-19-25-18(15-27-19)21(2,3)4;/h6-10,15,17,26H,5,11-14H2,1-4H3,(H2,22,23,24);1H. The number of thiazole rings is 1. The molecule has 0 bridgehead atoms. The number of aliphatic hydroxyl groups excluding tert-OH is 1. The van der Waals surface area contributed by atoms with Gasteiger partial charge in [-0.15, -0.1) is 35.3 Å². The van der Waals surface area contributed by atoms with Crippen LogP contribution in [0.4, 0.5) is 0 Å². The molecule has 0 saturated heterocycles. The summed E-state index contributed by atoms with van der Waals surface area (Å²) in [6.07, 6.45) is 0.868. The van der Waals surface area contributed by atoms with E-state index in [1.54, 1.807) is 11.3 Å². The Kier molecular flexibility index (Phi) is 11.0. The number of aromatic nitrogens is 1. The molecular formula is C21H33IN4OS. The number of aliphatic hydroxyl groups is 1. The molecule has 3 N–H and O–H groups in total. The van der Waals surface area contributed by atoms with Gasteiger partial charge in [0.25, 0.3) is 0 Å². The Hall–Kier alpha value is -1.19. The summed E-state index contributed by atoms with van der Waals surface area (Å²) in [6, 6.07) is 10.0. The summed E-state index contributed by atoms with van der Waals surface area (Å²) in [5.74, 6) is 0.787. The number of halogens is 1. The molecule has 5 nitrogen and oxygen atoms in total. The summed E-state index contributed by atoms with van der Waals surface area (Å²) in [5, 5.41) is 19.6. The molecule has 2 aromatic rings. The van der Waals surface area contributed by atoms with Crippen molar-refractivity contribution in [2.75, 3.05) is 26.2 Å². The summed E-state index contributed by atoms with van der Waals surface area (Å²) in [4.78, 5) is 9.39. The highest BCUT2D eigenvalue weighted by Gasteiger charge is 2.17. The van der Waals surface area contributed by atoms with Gasteiger partial charge in [0.1, 0.15) is 0 Å². The summed E-state index contributed by atoms with van der Waals surface area (Å²) in [6.45, 7) is 10.8. The molecule has 28 heavy (non-hydrogen) atoms. The molecule has 1 unspecified atom stereocenters. The fourth-order valence-corrected chi connectivity index (χ4v) is 3.62. The van der Waals surface area contributed by atoms with Crippen molar-refractivity contribution >= 4 is 41.3 Å². The fourth-order valence-electron chi connectivity index (χ4n) is 2.60. The van der Waals surface area contributed by atoms with Gasteiger partial charge in [-0.2, -0.15) is 0 Å². The Labute approximate surface area is 190 Å². The van der Waals surface area contributed by atoms with Crippen LogP contribution >= 0.6 is 35.3 Å². The van der Waals surface area contributed by atoms with Crippen molar-refractivity contribution in [2.45, 2.75) is 45.4 Å². The van der Waals surface area contributed by atoms with Gasteiger partial charge in [-0.1, -0.05) is 51.1 Å². The molecule has 0 aliphatic heterocycles. The van der Waals surface area contributed by atoms with Crippen molar-refractivity contribution < 1.29 is 5.11 Å². The molecule has 0 aliphatic carbocycles. The van der Waals surface area contributed by atoms with E-state index in [0.717, 1.165) is 41.7 Å². The number of rotatable bonds is 8. The Balaban J connectivity index is 0.00000392. The van der Waals surface area contributed by atoms with E-state index in [-0.39, 0.29) is 41.9 Å². The Morgan fingerprint density at radius 3 is 2.50 bits per heavy atom. The normalized spacial score (nSPS) is 13.0. The first kappa shape index (κ1) is 24.8. The number of aliphatic imine (C=N–C) groups is 1. The molecule has 0 aliphatic rings. The van der Waals surface area contributed by atoms with E-state index in [0.29, 0.717) is 6.54 Å². The maximum Gasteiger partial charge on any atom is 0.191 e. The van der Waals surface area contributed by atoms with Crippen molar-refractivity contribution in [3.8, 4) is 0 Å². The van der Waals surface area contributed by atoms with Crippen LogP contribution < -0.4 is 10.6 Å². The van der Waals surface area contributed by atoms with Crippen LogP contribution in [0.1, 0.15) is 49.9 Å². The fraction of sp³-hybridized carbons (Fsp3) is 0.524. The van der Waals surface area contributed by atoms with Crippen LogP contribution in [-0.4, -0.2) is 42.3 Å². The first-order chi connectivity index (χ1) is 12.9.